The molecule has 1 N–H and O–H groups in total. The lowest BCUT2D eigenvalue weighted by molar-refractivity contribution is 0.257. The van der Waals surface area contributed by atoms with Crippen molar-refractivity contribution in [3.8, 4) is 0 Å². The van der Waals surface area contributed by atoms with Crippen LogP contribution in [0, 0.1) is 5.41 Å². The zero-order valence-corrected chi connectivity index (χ0v) is 15.3. The average Bonchev–Trinajstić information content (AvgIpc) is 2.78. The number of urea groups is 1. The van der Waals surface area contributed by atoms with Crippen LogP contribution < -0.4 is 9.80 Å². The number of hydrogen-bond donors (Lipinski definition) is 1. The fraction of sp³-hybridized carbons (Fsp3) is 0.0625. The van der Waals surface area contributed by atoms with Crippen LogP contribution in [0.1, 0.15) is 0 Å². The molecule has 1 fully saturated rings. The van der Waals surface area contributed by atoms with Gasteiger partial charge in [-0.15, -0.1) is 11.8 Å². The summed E-state index contributed by atoms with van der Waals surface area (Å²) < 4.78 is 0.915. The zero-order valence-electron chi connectivity index (χ0n) is 12.1. The number of rotatable bonds is 3. The SMILES string of the molecule is CSc1ccc(N2C(=N)C(=S)N(c3ccc(Br)cc3)C2=O)cc1. The maximum absolute atomic E-state index is 12.8. The third-order valence-electron chi connectivity index (χ3n) is 3.43. The van der Waals surface area contributed by atoms with Crippen molar-refractivity contribution in [2.75, 3.05) is 16.1 Å². The predicted molar refractivity (Wildman–Crippen MR) is 103 cm³/mol. The van der Waals surface area contributed by atoms with Gasteiger partial charge in [0.2, 0.25) is 0 Å². The van der Waals surface area contributed by atoms with E-state index in [1.54, 1.807) is 23.9 Å². The van der Waals surface area contributed by atoms with Gasteiger partial charge in [-0.05, 0) is 54.8 Å². The molecule has 2 amide bonds. The highest BCUT2D eigenvalue weighted by Gasteiger charge is 2.40. The minimum absolute atomic E-state index is 0.0184. The first kappa shape index (κ1) is 16.2. The number of anilines is 2. The van der Waals surface area contributed by atoms with Crippen LogP contribution in [0.2, 0.25) is 0 Å². The van der Waals surface area contributed by atoms with E-state index in [1.165, 1.54) is 9.80 Å². The molecule has 116 valence electrons. The van der Waals surface area contributed by atoms with Crippen LogP contribution >= 0.6 is 39.9 Å². The molecule has 0 unspecified atom stereocenters. The number of hydrogen-bond acceptors (Lipinski definition) is 4. The second-order valence-electron chi connectivity index (χ2n) is 4.78. The number of benzene rings is 2. The third-order valence-corrected chi connectivity index (χ3v) is 5.08. The summed E-state index contributed by atoms with van der Waals surface area (Å²) in [5.41, 5.74) is 1.29. The number of nitrogens with zero attached hydrogens (tertiary/aromatic N) is 2. The standard InChI is InChI=1S/C16H12BrN3OS2/c1-23-13-8-6-11(7-9-13)19-14(18)15(22)20(16(19)21)12-4-2-10(17)3-5-12/h2-9,18H,1H3. The number of amidine groups is 1. The lowest BCUT2D eigenvalue weighted by Gasteiger charge is -2.17. The fourth-order valence-corrected chi connectivity index (χ4v) is 3.22. The number of nitrogens with one attached hydrogen (secondary N) is 1. The van der Waals surface area contributed by atoms with Crippen LogP contribution in [0.3, 0.4) is 0 Å². The van der Waals surface area contributed by atoms with E-state index in [4.69, 9.17) is 17.6 Å². The van der Waals surface area contributed by atoms with Crippen LogP contribution in [-0.2, 0) is 0 Å². The normalized spacial score (nSPS) is 14.8. The number of halogens is 1. The summed E-state index contributed by atoms with van der Waals surface area (Å²) in [6.45, 7) is 0. The molecular formula is C16H12BrN3OS2. The number of carbonyl (C=O) groups excluding carboxylic acids is 1. The lowest BCUT2D eigenvalue weighted by atomic mass is 10.3. The van der Waals surface area contributed by atoms with Crippen LogP contribution in [0.4, 0.5) is 16.2 Å². The third kappa shape index (κ3) is 2.91. The van der Waals surface area contributed by atoms with Gasteiger partial charge in [-0.1, -0.05) is 28.1 Å². The van der Waals surface area contributed by atoms with E-state index in [-0.39, 0.29) is 16.9 Å². The molecular weight excluding hydrogens is 394 g/mol. The first-order valence-corrected chi connectivity index (χ1v) is 9.12. The van der Waals surface area contributed by atoms with Crippen molar-refractivity contribution in [1.29, 1.82) is 5.41 Å². The molecule has 1 heterocycles. The minimum Gasteiger partial charge on any atom is -0.281 e. The first-order valence-electron chi connectivity index (χ1n) is 6.69. The van der Waals surface area contributed by atoms with Gasteiger partial charge in [0.05, 0.1) is 11.4 Å². The topological polar surface area (TPSA) is 47.4 Å². The number of carbonyl (C=O) groups is 1. The van der Waals surface area contributed by atoms with E-state index in [1.807, 2.05) is 42.7 Å². The van der Waals surface area contributed by atoms with E-state index < -0.39 is 0 Å². The van der Waals surface area contributed by atoms with E-state index >= 15 is 0 Å². The smallest absolute Gasteiger partial charge is 0.281 e. The van der Waals surface area contributed by atoms with E-state index in [9.17, 15) is 4.79 Å². The van der Waals surface area contributed by atoms with Gasteiger partial charge in [0.1, 0.15) is 0 Å². The van der Waals surface area contributed by atoms with Crippen molar-refractivity contribution in [3.63, 3.8) is 0 Å². The summed E-state index contributed by atoms with van der Waals surface area (Å²) in [5, 5.41) is 8.21. The summed E-state index contributed by atoms with van der Waals surface area (Å²) in [5.74, 6) is 0.0184. The molecule has 0 bridgehead atoms. The average molecular weight is 406 g/mol. The number of thiocarbonyl (C=S) groups is 1. The summed E-state index contributed by atoms with van der Waals surface area (Å²) >= 11 is 10.3. The summed E-state index contributed by atoms with van der Waals surface area (Å²) in [6.07, 6.45) is 1.99. The highest BCUT2D eigenvalue weighted by molar-refractivity contribution is 9.10. The monoisotopic (exact) mass is 405 g/mol. The molecule has 0 atom stereocenters. The van der Waals surface area contributed by atoms with Crippen LogP contribution in [-0.4, -0.2) is 23.1 Å². The summed E-state index contributed by atoms with van der Waals surface area (Å²) in [7, 11) is 0. The van der Waals surface area contributed by atoms with Crippen molar-refractivity contribution in [2.24, 2.45) is 0 Å². The fourth-order valence-electron chi connectivity index (χ4n) is 2.27. The second kappa shape index (κ2) is 6.43. The van der Waals surface area contributed by atoms with Crippen molar-refractivity contribution < 1.29 is 4.79 Å². The lowest BCUT2D eigenvalue weighted by Crippen LogP contribution is -2.33. The minimum atomic E-state index is -0.334. The van der Waals surface area contributed by atoms with Crippen LogP contribution in [0.25, 0.3) is 0 Å². The Labute approximate surface area is 152 Å². The molecule has 0 aromatic heterocycles. The van der Waals surface area contributed by atoms with Gasteiger partial charge in [-0.2, -0.15) is 0 Å². The Kier molecular flexibility index (Phi) is 4.52. The highest BCUT2D eigenvalue weighted by Crippen LogP contribution is 2.29. The Morgan fingerprint density at radius 3 is 2.09 bits per heavy atom. The Morgan fingerprint density at radius 1 is 1.00 bits per heavy atom. The number of thioether (sulfide) groups is 1. The molecule has 23 heavy (non-hydrogen) atoms. The van der Waals surface area contributed by atoms with Gasteiger partial charge in [0.15, 0.2) is 10.8 Å². The van der Waals surface area contributed by atoms with Crippen molar-refractivity contribution in [1.82, 2.24) is 0 Å². The maximum atomic E-state index is 12.8. The van der Waals surface area contributed by atoms with Crippen molar-refractivity contribution in [2.45, 2.75) is 4.90 Å². The van der Waals surface area contributed by atoms with Gasteiger partial charge in [0, 0.05) is 9.37 Å². The molecule has 2 aromatic carbocycles. The molecule has 3 rings (SSSR count). The van der Waals surface area contributed by atoms with E-state index in [0.29, 0.717) is 11.4 Å². The van der Waals surface area contributed by atoms with Crippen molar-refractivity contribution >= 4 is 68.1 Å². The number of amides is 2. The molecule has 1 aliphatic rings. The summed E-state index contributed by atoms with van der Waals surface area (Å²) in [4.78, 5) is 16.8. The molecule has 0 radical (unpaired) electrons. The van der Waals surface area contributed by atoms with Gasteiger partial charge in [-0.25, -0.2) is 14.6 Å². The molecule has 4 nitrogen and oxygen atoms in total. The zero-order chi connectivity index (χ0) is 16.6. The van der Waals surface area contributed by atoms with E-state index in [2.05, 4.69) is 15.9 Å². The van der Waals surface area contributed by atoms with Crippen LogP contribution in [0.15, 0.2) is 57.9 Å². The largest absolute Gasteiger partial charge is 0.340 e. The quantitative estimate of drug-likeness (QED) is 0.581. The maximum Gasteiger partial charge on any atom is 0.340 e. The molecule has 1 saturated heterocycles. The highest BCUT2D eigenvalue weighted by atomic mass is 79.9. The van der Waals surface area contributed by atoms with Gasteiger partial charge < -0.3 is 0 Å². The van der Waals surface area contributed by atoms with Gasteiger partial charge >= 0.3 is 6.03 Å². The Hall–Kier alpha value is -1.70. The second-order valence-corrected chi connectivity index (χ2v) is 6.96. The molecule has 0 aliphatic carbocycles. The summed E-state index contributed by atoms with van der Waals surface area (Å²) in [6, 6.07) is 14.4. The van der Waals surface area contributed by atoms with Gasteiger partial charge in [0.25, 0.3) is 0 Å². The molecule has 1 aliphatic heterocycles. The Morgan fingerprint density at radius 2 is 1.52 bits per heavy atom. The van der Waals surface area contributed by atoms with E-state index in [0.717, 1.165) is 9.37 Å². The molecule has 0 saturated carbocycles. The molecule has 2 aromatic rings. The molecule has 7 heteroatoms. The van der Waals surface area contributed by atoms with Crippen molar-refractivity contribution in [3.05, 3.63) is 53.0 Å². The molecule has 0 spiro atoms. The van der Waals surface area contributed by atoms with Gasteiger partial charge in [-0.3, -0.25) is 5.41 Å². The first-order chi connectivity index (χ1) is 11.0. The Balaban J connectivity index is 1.97. The predicted octanol–water partition coefficient (Wildman–Crippen LogP) is 4.92. The Bertz CT molecular complexity index is 790. The van der Waals surface area contributed by atoms with Crippen LogP contribution in [0.5, 0.6) is 0 Å².